The fourth-order valence-corrected chi connectivity index (χ4v) is 3.40. The van der Waals surface area contributed by atoms with E-state index in [2.05, 4.69) is 0 Å². The van der Waals surface area contributed by atoms with Crippen LogP contribution >= 0.6 is 11.6 Å². The van der Waals surface area contributed by atoms with Crippen molar-refractivity contribution >= 4 is 40.0 Å². The Balaban J connectivity index is 1.75. The summed E-state index contributed by atoms with van der Waals surface area (Å²) in [6, 6.07) is 19.3. The summed E-state index contributed by atoms with van der Waals surface area (Å²) in [7, 11) is 1.42. The summed E-state index contributed by atoms with van der Waals surface area (Å²) in [5.74, 6) is 0.114. The van der Waals surface area contributed by atoms with Crippen LogP contribution in [0.2, 0.25) is 5.02 Å². The Kier molecular flexibility index (Phi) is 5.61. The molecule has 0 N–H and O–H groups in total. The smallest absolute Gasteiger partial charge is 0.410 e. The van der Waals surface area contributed by atoms with Crippen LogP contribution in [-0.4, -0.2) is 22.6 Å². The van der Waals surface area contributed by atoms with Crippen LogP contribution in [0.15, 0.2) is 83.8 Å². The molecule has 0 bridgehead atoms. The van der Waals surface area contributed by atoms with Gasteiger partial charge in [0.1, 0.15) is 11.4 Å². The number of aromatic nitrogens is 1. The van der Waals surface area contributed by atoms with Gasteiger partial charge in [0.15, 0.2) is 0 Å². The van der Waals surface area contributed by atoms with Crippen LogP contribution in [-0.2, 0) is 0 Å². The van der Waals surface area contributed by atoms with E-state index in [9.17, 15) is 19.7 Å². The normalized spacial score (nSPS) is 10.7. The number of amides is 1. The Hall–Kier alpha value is -4.17. The maximum absolute atomic E-state index is 13.2. The van der Waals surface area contributed by atoms with E-state index in [1.165, 1.54) is 31.3 Å². The first-order chi connectivity index (χ1) is 15.3. The lowest BCUT2D eigenvalue weighted by molar-refractivity contribution is -0.384. The SMILES string of the molecule is CN(C(=O)Oc1ccc([N+](=O)[O-])cc1)c1cn(-c2ccccc2)c2cc(Cl)ccc2c1=O. The van der Waals surface area contributed by atoms with Crippen LogP contribution in [0.4, 0.5) is 16.2 Å². The third kappa shape index (κ3) is 4.03. The molecule has 0 spiro atoms. The van der Waals surface area contributed by atoms with Gasteiger partial charge in [-0.05, 0) is 42.5 Å². The minimum absolute atomic E-state index is 0.0931. The number of pyridine rings is 1. The van der Waals surface area contributed by atoms with E-state index in [1.807, 2.05) is 30.3 Å². The van der Waals surface area contributed by atoms with Crippen LogP contribution in [0.3, 0.4) is 0 Å². The summed E-state index contributed by atoms with van der Waals surface area (Å²) in [5, 5.41) is 11.6. The summed E-state index contributed by atoms with van der Waals surface area (Å²) in [5.41, 5.74) is 0.965. The van der Waals surface area contributed by atoms with E-state index in [1.54, 1.807) is 29.0 Å². The largest absolute Gasteiger partial charge is 0.419 e. The standard InChI is InChI=1S/C23H16ClN3O5/c1-25(23(29)32-18-10-8-17(9-11-18)27(30)31)21-14-26(16-5-3-2-4-6-16)20-13-15(24)7-12-19(20)22(21)28/h2-14H,1H3. The number of anilines is 1. The second kappa shape index (κ2) is 8.52. The van der Waals surface area contributed by atoms with E-state index in [-0.39, 0.29) is 22.6 Å². The minimum Gasteiger partial charge on any atom is -0.410 e. The van der Waals surface area contributed by atoms with Crippen molar-refractivity contribution in [3.05, 3.63) is 104 Å². The summed E-state index contributed by atoms with van der Waals surface area (Å²) < 4.78 is 7.06. The summed E-state index contributed by atoms with van der Waals surface area (Å²) in [4.78, 5) is 37.2. The molecule has 3 aromatic carbocycles. The second-order valence-electron chi connectivity index (χ2n) is 6.89. The molecule has 8 nitrogen and oxygen atoms in total. The highest BCUT2D eigenvalue weighted by molar-refractivity contribution is 6.31. The zero-order valence-corrected chi connectivity index (χ0v) is 17.5. The van der Waals surface area contributed by atoms with Gasteiger partial charge in [-0.2, -0.15) is 0 Å². The third-order valence-electron chi connectivity index (χ3n) is 4.87. The maximum atomic E-state index is 13.2. The van der Waals surface area contributed by atoms with Gasteiger partial charge in [-0.15, -0.1) is 0 Å². The highest BCUT2D eigenvalue weighted by atomic mass is 35.5. The van der Waals surface area contributed by atoms with E-state index >= 15 is 0 Å². The average Bonchev–Trinajstić information content (AvgIpc) is 2.79. The summed E-state index contributed by atoms with van der Waals surface area (Å²) in [6.45, 7) is 0. The third-order valence-corrected chi connectivity index (χ3v) is 5.11. The topological polar surface area (TPSA) is 94.7 Å². The maximum Gasteiger partial charge on any atom is 0.419 e. The zero-order chi connectivity index (χ0) is 22.8. The number of fused-ring (bicyclic) bond motifs is 1. The second-order valence-corrected chi connectivity index (χ2v) is 7.32. The molecule has 1 amide bonds. The fourth-order valence-electron chi connectivity index (χ4n) is 3.23. The lowest BCUT2D eigenvalue weighted by Gasteiger charge is -2.20. The predicted molar refractivity (Wildman–Crippen MR) is 122 cm³/mol. The quantitative estimate of drug-likeness (QED) is 0.315. The van der Waals surface area contributed by atoms with Gasteiger partial charge in [0.05, 0.1) is 10.4 Å². The Morgan fingerprint density at radius 2 is 1.75 bits per heavy atom. The number of hydrogen-bond acceptors (Lipinski definition) is 5. The molecular weight excluding hydrogens is 434 g/mol. The number of para-hydroxylation sites is 1. The number of hydrogen-bond donors (Lipinski definition) is 0. The molecule has 0 radical (unpaired) electrons. The van der Waals surface area contributed by atoms with Crippen molar-refractivity contribution < 1.29 is 14.5 Å². The number of carbonyl (C=O) groups is 1. The molecule has 4 rings (SSSR count). The highest BCUT2D eigenvalue weighted by Crippen LogP contribution is 2.25. The van der Waals surface area contributed by atoms with Crippen molar-refractivity contribution in [2.45, 2.75) is 0 Å². The molecule has 0 saturated heterocycles. The van der Waals surface area contributed by atoms with Crippen molar-refractivity contribution in [3.8, 4) is 11.4 Å². The molecule has 32 heavy (non-hydrogen) atoms. The molecule has 9 heteroatoms. The first kappa shape index (κ1) is 21.1. The number of nitro benzene ring substituents is 1. The summed E-state index contributed by atoms with van der Waals surface area (Å²) in [6.07, 6.45) is 0.733. The van der Waals surface area contributed by atoms with Crippen molar-refractivity contribution in [2.75, 3.05) is 11.9 Å². The molecule has 0 aliphatic rings. The van der Waals surface area contributed by atoms with E-state index < -0.39 is 11.0 Å². The zero-order valence-electron chi connectivity index (χ0n) is 16.8. The Morgan fingerprint density at radius 1 is 1.06 bits per heavy atom. The van der Waals surface area contributed by atoms with Gasteiger partial charge in [0.2, 0.25) is 5.43 Å². The molecule has 1 aromatic heterocycles. The van der Waals surface area contributed by atoms with Crippen molar-refractivity contribution in [3.63, 3.8) is 0 Å². The van der Waals surface area contributed by atoms with Gasteiger partial charge < -0.3 is 9.30 Å². The Labute approximate surface area is 187 Å². The Bertz CT molecular complexity index is 1380. The average molecular weight is 450 g/mol. The highest BCUT2D eigenvalue weighted by Gasteiger charge is 2.20. The van der Waals surface area contributed by atoms with Gasteiger partial charge >= 0.3 is 6.09 Å². The minimum atomic E-state index is -0.816. The van der Waals surface area contributed by atoms with Crippen molar-refractivity contribution in [2.24, 2.45) is 0 Å². The van der Waals surface area contributed by atoms with Crippen LogP contribution in [0.25, 0.3) is 16.6 Å². The molecule has 1 heterocycles. The molecular formula is C23H16ClN3O5. The molecule has 0 atom stereocenters. The van der Waals surface area contributed by atoms with Gasteiger partial charge in [-0.25, -0.2) is 4.79 Å². The van der Waals surface area contributed by atoms with E-state index in [0.717, 1.165) is 10.6 Å². The first-order valence-corrected chi connectivity index (χ1v) is 9.83. The lowest BCUT2D eigenvalue weighted by atomic mass is 10.1. The van der Waals surface area contributed by atoms with Gasteiger partial charge in [0.25, 0.3) is 5.69 Å². The van der Waals surface area contributed by atoms with Crippen LogP contribution < -0.4 is 15.1 Å². The molecule has 0 saturated carbocycles. The fraction of sp³-hybridized carbons (Fsp3) is 0.0435. The van der Waals surface area contributed by atoms with Crippen LogP contribution in [0, 0.1) is 10.1 Å². The number of halogens is 1. The first-order valence-electron chi connectivity index (χ1n) is 9.45. The number of nitro groups is 1. The molecule has 0 aliphatic heterocycles. The number of ether oxygens (including phenoxy) is 1. The van der Waals surface area contributed by atoms with Crippen molar-refractivity contribution in [1.29, 1.82) is 0 Å². The van der Waals surface area contributed by atoms with Crippen molar-refractivity contribution in [1.82, 2.24) is 4.57 Å². The molecule has 0 unspecified atom stereocenters. The van der Waals surface area contributed by atoms with Crippen LogP contribution in [0.5, 0.6) is 5.75 Å². The molecule has 160 valence electrons. The van der Waals surface area contributed by atoms with Gasteiger partial charge in [-0.1, -0.05) is 29.8 Å². The number of benzene rings is 3. The number of nitrogens with zero attached hydrogens (tertiary/aromatic N) is 3. The molecule has 0 aliphatic carbocycles. The monoisotopic (exact) mass is 449 g/mol. The number of rotatable bonds is 4. The van der Waals surface area contributed by atoms with Gasteiger partial charge in [-0.3, -0.25) is 19.8 Å². The molecule has 0 fully saturated rings. The van der Waals surface area contributed by atoms with Crippen LogP contribution in [0.1, 0.15) is 0 Å². The lowest BCUT2D eigenvalue weighted by Crippen LogP contribution is -2.33. The van der Waals surface area contributed by atoms with E-state index in [0.29, 0.717) is 15.9 Å². The number of carbonyl (C=O) groups excluding carboxylic acids is 1. The molecule has 4 aromatic rings. The predicted octanol–water partition coefficient (Wildman–Crippen LogP) is 5.19. The summed E-state index contributed by atoms with van der Waals surface area (Å²) >= 11 is 6.16. The Morgan fingerprint density at radius 3 is 2.41 bits per heavy atom. The number of non-ortho nitro benzene ring substituents is 1. The van der Waals surface area contributed by atoms with E-state index in [4.69, 9.17) is 16.3 Å². The van der Waals surface area contributed by atoms with Gasteiger partial charge in [0, 0.05) is 41.5 Å².